The van der Waals surface area contributed by atoms with E-state index in [1.165, 1.54) is 17.7 Å². The lowest BCUT2D eigenvalue weighted by molar-refractivity contribution is 0.0966. The molecule has 1 amide bonds. The predicted molar refractivity (Wildman–Crippen MR) is 81.0 cm³/mol. The number of benzene rings is 1. The molecular weight excluding hydrogens is 262 g/mol. The fourth-order valence-corrected chi connectivity index (χ4v) is 3.47. The molecular formula is C17H19N3O. The fraction of sp³-hybridized carbons (Fsp3) is 0.412. The van der Waals surface area contributed by atoms with Gasteiger partial charge < -0.3 is 5.32 Å². The SMILES string of the molecule is CC1(C)CCc2c(-c3ccc4c(c3)CNC4=O)n[nH]c2C1. The molecule has 0 radical (unpaired) electrons. The molecule has 1 aliphatic heterocycles. The van der Waals surface area contributed by atoms with Gasteiger partial charge in [-0.1, -0.05) is 19.9 Å². The molecule has 0 spiro atoms. The maximum Gasteiger partial charge on any atom is 0.251 e. The van der Waals surface area contributed by atoms with Crippen LogP contribution in [0.25, 0.3) is 11.3 Å². The van der Waals surface area contributed by atoms with E-state index in [-0.39, 0.29) is 5.91 Å². The van der Waals surface area contributed by atoms with E-state index in [4.69, 9.17) is 0 Å². The molecule has 4 heteroatoms. The molecule has 0 fully saturated rings. The van der Waals surface area contributed by atoms with Crippen LogP contribution in [0, 0.1) is 5.41 Å². The molecule has 0 saturated carbocycles. The van der Waals surface area contributed by atoms with Gasteiger partial charge in [-0.05, 0) is 42.4 Å². The number of amides is 1. The Labute approximate surface area is 124 Å². The highest BCUT2D eigenvalue weighted by atomic mass is 16.1. The zero-order valence-electron chi connectivity index (χ0n) is 12.4. The van der Waals surface area contributed by atoms with Crippen molar-refractivity contribution in [1.29, 1.82) is 0 Å². The van der Waals surface area contributed by atoms with Crippen molar-refractivity contribution in [3.63, 3.8) is 0 Å². The molecule has 1 aromatic carbocycles. The quantitative estimate of drug-likeness (QED) is 0.844. The molecule has 1 aromatic heterocycles. The van der Waals surface area contributed by atoms with Gasteiger partial charge >= 0.3 is 0 Å². The Morgan fingerprint density at radius 2 is 2.14 bits per heavy atom. The Kier molecular flexibility index (Phi) is 2.52. The summed E-state index contributed by atoms with van der Waals surface area (Å²) in [5.41, 5.74) is 7.02. The molecule has 2 aliphatic rings. The number of nitrogens with one attached hydrogen (secondary N) is 2. The lowest BCUT2D eigenvalue weighted by atomic mass is 9.76. The minimum Gasteiger partial charge on any atom is -0.348 e. The van der Waals surface area contributed by atoms with Gasteiger partial charge in [0.2, 0.25) is 0 Å². The van der Waals surface area contributed by atoms with Crippen molar-refractivity contribution in [2.75, 3.05) is 0 Å². The number of carbonyl (C=O) groups excluding carboxylic acids is 1. The Bertz CT molecular complexity index is 742. The topological polar surface area (TPSA) is 57.8 Å². The van der Waals surface area contributed by atoms with E-state index in [9.17, 15) is 4.79 Å². The van der Waals surface area contributed by atoms with Crippen LogP contribution in [0.3, 0.4) is 0 Å². The van der Waals surface area contributed by atoms with Crippen molar-refractivity contribution in [2.24, 2.45) is 5.41 Å². The average Bonchev–Trinajstić information content (AvgIpc) is 3.01. The summed E-state index contributed by atoms with van der Waals surface area (Å²) < 4.78 is 0. The molecule has 2 aromatic rings. The van der Waals surface area contributed by atoms with Crippen LogP contribution in [-0.4, -0.2) is 16.1 Å². The first-order valence-corrected chi connectivity index (χ1v) is 7.51. The number of H-pyrrole nitrogens is 1. The average molecular weight is 281 g/mol. The standard InChI is InChI=1S/C17H19N3O/c1-17(2)6-5-13-14(8-17)19-20-15(13)10-3-4-12-11(7-10)9-18-16(12)21/h3-4,7H,5-6,8-9H2,1-2H3,(H,18,21)(H,19,20). The van der Waals surface area contributed by atoms with Gasteiger partial charge in [0.1, 0.15) is 0 Å². The normalized spacial score (nSPS) is 19.0. The summed E-state index contributed by atoms with van der Waals surface area (Å²) in [5.74, 6) is 0.0300. The zero-order chi connectivity index (χ0) is 14.6. The van der Waals surface area contributed by atoms with Crippen LogP contribution in [0.4, 0.5) is 0 Å². The summed E-state index contributed by atoms with van der Waals surface area (Å²) >= 11 is 0. The summed E-state index contributed by atoms with van der Waals surface area (Å²) in [6.07, 6.45) is 3.32. The third-order valence-electron chi connectivity index (χ3n) is 4.72. The van der Waals surface area contributed by atoms with Crippen molar-refractivity contribution < 1.29 is 4.79 Å². The van der Waals surface area contributed by atoms with E-state index in [0.29, 0.717) is 12.0 Å². The molecule has 21 heavy (non-hydrogen) atoms. The van der Waals surface area contributed by atoms with E-state index in [2.05, 4.69) is 35.4 Å². The second-order valence-electron chi connectivity index (χ2n) is 6.92. The number of carbonyl (C=O) groups is 1. The van der Waals surface area contributed by atoms with E-state index in [1.807, 2.05) is 12.1 Å². The summed E-state index contributed by atoms with van der Waals surface area (Å²) in [5, 5.41) is 10.6. The lowest BCUT2D eigenvalue weighted by Crippen LogP contribution is -2.21. The minimum atomic E-state index is 0.0300. The first-order valence-electron chi connectivity index (χ1n) is 7.51. The van der Waals surface area contributed by atoms with Crippen LogP contribution in [-0.2, 0) is 19.4 Å². The Hall–Kier alpha value is -2.10. The van der Waals surface area contributed by atoms with Crippen LogP contribution in [0.1, 0.15) is 47.4 Å². The molecule has 4 rings (SSSR count). The van der Waals surface area contributed by atoms with Crippen LogP contribution >= 0.6 is 0 Å². The molecule has 0 saturated heterocycles. The highest BCUT2D eigenvalue weighted by Crippen LogP contribution is 2.38. The molecule has 2 heterocycles. The van der Waals surface area contributed by atoms with Gasteiger partial charge in [-0.15, -0.1) is 0 Å². The van der Waals surface area contributed by atoms with Crippen LogP contribution < -0.4 is 5.32 Å². The third kappa shape index (κ3) is 1.97. The first-order chi connectivity index (χ1) is 10.0. The van der Waals surface area contributed by atoms with E-state index < -0.39 is 0 Å². The molecule has 1 aliphatic carbocycles. The summed E-state index contributed by atoms with van der Waals surface area (Å²) in [7, 11) is 0. The Morgan fingerprint density at radius 3 is 3.00 bits per heavy atom. The van der Waals surface area contributed by atoms with Gasteiger partial charge in [-0.2, -0.15) is 5.10 Å². The number of aromatic amines is 1. The van der Waals surface area contributed by atoms with Crippen LogP contribution in [0.2, 0.25) is 0 Å². The Balaban J connectivity index is 1.76. The summed E-state index contributed by atoms with van der Waals surface area (Å²) in [6, 6.07) is 6.03. The number of hydrogen-bond acceptors (Lipinski definition) is 2. The highest BCUT2D eigenvalue weighted by molar-refractivity contribution is 5.98. The second-order valence-corrected chi connectivity index (χ2v) is 6.92. The van der Waals surface area contributed by atoms with Crippen molar-refractivity contribution >= 4 is 5.91 Å². The molecule has 2 N–H and O–H groups in total. The van der Waals surface area contributed by atoms with Gasteiger partial charge in [0.25, 0.3) is 5.91 Å². The molecule has 4 nitrogen and oxygen atoms in total. The maximum absolute atomic E-state index is 11.6. The maximum atomic E-state index is 11.6. The van der Waals surface area contributed by atoms with Crippen LogP contribution in [0.15, 0.2) is 18.2 Å². The van der Waals surface area contributed by atoms with Crippen molar-refractivity contribution in [3.05, 3.63) is 40.6 Å². The van der Waals surface area contributed by atoms with Gasteiger partial charge in [0.15, 0.2) is 0 Å². The largest absolute Gasteiger partial charge is 0.348 e. The molecule has 108 valence electrons. The van der Waals surface area contributed by atoms with E-state index >= 15 is 0 Å². The summed E-state index contributed by atoms with van der Waals surface area (Å²) in [4.78, 5) is 11.6. The monoisotopic (exact) mass is 281 g/mol. The van der Waals surface area contributed by atoms with E-state index in [0.717, 1.165) is 35.2 Å². The second kappa shape index (κ2) is 4.20. The van der Waals surface area contributed by atoms with Gasteiger partial charge in [-0.3, -0.25) is 9.89 Å². The number of rotatable bonds is 1. The molecule has 0 atom stereocenters. The first kappa shape index (κ1) is 12.6. The predicted octanol–water partition coefficient (Wildman–Crippen LogP) is 2.83. The zero-order valence-corrected chi connectivity index (χ0v) is 12.4. The molecule has 0 bridgehead atoms. The fourth-order valence-electron chi connectivity index (χ4n) is 3.47. The van der Waals surface area contributed by atoms with Gasteiger partial charge in [0.05, 0.1) is 5.69 Å². The van der Waals surface area contributed by atoms with E-state index in [1.54, 1.807) is 0 Å². The van der Waals surface area contributed by atoms with Crippen molar-refractivity contribution in [2.45, 2.75) is 39.7 Å². The van der Waals surface area contributed by atoms with Crippen LogP contribution in [0.5, 0.6) is 0 Å². The lowest BCUT2D eigenvalue weighted by Gasteiger charge is -2.29. The summed E-state index contributed by atoms with van der Waals surface area (Å²) in [6.45, 7) is 5.24. The highest BCUT2D eigenvalue weighted by Gasteiger charge is 2.29. The number of fused-ring (bicyclic) bond motifs is 2. The number of nitrogens with zero attached hydrogens (tertiary/aromatic N) is 1. The van der Waals surface area contributed by atoms with Gasteiger partial charge in [0, 0.05) is 28.9 Å². The number of hydrogen-bond donors (Lipinski definition) is 2. The molecule has 0 unspecified atom stereocenters. The van der Waals surface area contributed by atoms with Crippen molar-refractivity contribution in [3.8, 4) is 11.3 Å². The smallest absolute Gasteiger partial charge is 0.251 e. The van der Waals surface area contributed by atoms with Gasteiger partial charge in [-0.25, -0.2) is 0 Å². The third-order valence-corrected chi connectivity index (χ3v) is 4.72. The number of aromatic nitrogens is 2. The van der Waals surface area contributed by atoms with Crippen molar-refractivity contribution in [1.82, 2.24) is 15.5 Å². The Morgan fingerprint density at radius 1 is 1.29 bits per heavy atom. The minimum absolute atomic E-state index is 0.0300.